The van der Waals surface area contributed by atoms with Crippen LogP contribution < -0.4 is 14.8 Å². The number of amides is 1. The minimum Gasteiger partial charge on any atom is -0.486 e. The third-order valence-electron chi connectivity index (χ3n) is 4.06. The van der Waals surface area contributed by atoms with Crippen molar-refractivity contribution in [3.63, 3.8) is 0 Å². The summed E-state index contributed by atoms with van der Waals surface area (Å²) in [6.45, 7) is 3.02. The van der Waals surface area contributed by atoms with Gasteiger partial charge in [0.05, 0.1) is 5.69 Å². The van der Waals surface area contributed by atoms with Gasteiger partial charge in [0.2, 0.25) is 0 Å². The van der Waals surface area contributed by atoms with E-state index in [0.29, 0.717) is 36.0 Å². The lowest BCUT2D eigenvalue weighted by atomic mass is 10.1. The average molecular weight is 477 g/mol. The molecule has 0 spiro atoms. The largest absolute Gasteiger partial charge is 0.486 e. The van der Waals surface area contributed by atoms with E-state index in [-0.39, 0.29) is 5.91 Å². The van der Waals surface area contributed by atoms with E-state index in [0.717, 1.165) is 25.8 Å². The van der Waals surface area contributed by atoms with E-state index in [4.69, 9.17) is 9.47 Å². The number of fused-ring (bicyclic) bond motifs is 1. The summed E-state index contributed by atoms with van der Waals surface area (Å²) < 4.78 is 12.9. The number of nitrogens with zero attached hydrogens (tertiary/aromatic N) is 1. The Hall–Kier alpha value is -2.03. The Balaban J connectivity index is 1.41. The molecule has 144 valence electrons. The molecule has 0 saturated heterocycles. The third-order valence-corrected chi connectivity index (χ3v) is 6.92. The van der Waals surface area contributed by atoms with Crippen LogP contribution in [0.5, 0.6) is 11.5 Å². The lowest BCUT2D eigenvalue weighted by molar-refractivity contribution is 0.102. The smallest absolute Gasteiger partial charge is 0.255 e. The summed E-state index contributed by atoms with van der Waals surface area (Å²) >= 11 is 6.83. The molecule has 0 fully saturated rings. The highest BCUT2D eigenvalue weighted by molar-refractivity contribution is 9.10. The van der Waals surface area contributed by atoms with Crippen molar-refractivity contribution in [2.24, 2.45) is 0 Å². The van der Waals surface area contributed by atoms with Crippen LogP contribution in [0.2, 0.25) is 0 Å². The van der Waals surface area contributed by atoms with Crippen molar-refractivity contribution in [3.05, 3.63) is 63.1 Å². The number of rotatable bonds is 5. The monoisotopic (exact) mass is 476 g/mol. The van der Waals surface area contributed by atoms with Gasteiger partial charge >= 0.3 is 0 Å². The predicted molar refractivity (Wildman–Crippen MR) is 116 cm³/mol. The standard InChI is InChI=1S/C20H17BrN2O3S2/c1-12-10-27-20(22-12)28-11-13-2-4-14(5-3-13)19(24)23-16-9-18-17(8-15(16)21)25-6-7-26-18/h2-5,8-10H,6-7,11H2,1H3,(H,23,24). The number of hydrogen-bond donors (Lipinski definition) is 1. The number of aryl methyl sites for hydroxylation is 1. The van der Waals surface area contributed by atoms with Crippen LogP contribution >= 0.6 is 39.0 Å². The van der Waals surface area contributed by atoms with E-state index >= 15 is 0 Å². The van der Waals surface area contributed by atoms with Gasteiger partial charge in [-0.05, 0) is 40.5 Å². The molecule has 1 N–H and O–H groups in total. The molecule has 2 aromatic carbocycles. The first kappa shape index (κ1) is 19.3. The zero-order chi connectivity index (χ0) is 19.5. The first-order chi connectivity index (χ1) is 13.6. The van der Waals surface area contributed by atoms with E-state index in [9.17, 15) is 4.79 Å². The zero-order valence-electron chi connectivity index (χ0n) is 15.0. The van der Waals surface area contributed by atoms with Crippen LogP contribution in [0.1, 0.15) is 21.6 Å². The molecular weight excluding hydrogens is 460 g/mol. The van der Waals surface area contributed by atoms with Gasteiger partial charge in [0.1, 0.15) is 17.6 Å². The number of thiazole rings is 1. The van der Waals surface area contributed by atoms with Crippen molar-refractivity contribution < 1.29 is 14.3 Å². The van der Waals surface area contributed by atoms with Crippen LogP contribution in [-0.2, 0) is 5.75 Å². The second-order valence-electron chi connectivity index (χ2n) is 6.17. The van der Waals surface area contributed by atoms with Crippen molar-refractivity contribution in [2.75, 3.05) is 18.5 Å². The maximum absolute atomic E-state index is 12.6. The Kier molecular flexibility index (Phi) is 5.89. The minimum absolute atomic E-state index is 0.174. The first-order valence-electron chi connectivity index (χ1n) is 8.63. The summed E-state index contributed by atoms with van der Waals surface area (Å²) in [5, 5.41) is 4.97. The zero-order valence-corrected chi connectivity index (χ0v) is 18.2. The summed E-state index contributed by atoms with van der Waals surface area (Å²) in [7, 11) is 0. The molecule has 1 aliphatic heterocycles. The van der Waals surface area contributed by atoms with Crippen LogP contribution in [0, 0.1) is 6.92 Å². The highest BCUT2D eigenvalue weighted by atomic mass is 79.9. The number of halogens is 1. The predicted octanol–water partition coefficient (Wildman–Crippen LogP) is 5.53. The summed E-state index contributed by atoms with van der Waals surface area (Å²) in [4.78, 5) is 17.1. The molecule has 0 radical (unpaired) electrons. The lowest BCUT2D eigenvalue weighted by Crippen LogP contribution is -2.17. The number of anilines is 1. The van der Waals surface area contributed by atoms with Crippen molar-refractivity contribution in [2.45, 2.75) is 17.0 Å². The van der Waals surface area contributed by atoms with Crippen LogP contribution in [0.4, 0.5) is 5.69 Å². The fourth-order valence-corrected chi connectivity index (χ4v) is 4.88. The number of benzene rings is 2. The average Bonchev–Trinajstić information content (AvgIpc) is 3.12. The SMILES string of the molecule is Cc1csc(SCc2ccc(C(=O)Nc3cc4c(cc3Br)OCCO4)cc2)n1. The molecule has 0 bridgehead atoms. The number of thioether (sulfide) groups is 1. The van der Waals surface area contributed by atoms with Gasteiger partial charge in [0, 0.05) is 39.0 Å². The molecule has 4 rings (SSSR count). The summed E-state index contributed by atoms with van der Waals surface area (Å²) in [5.74, 6) is 1.96. The second kappa shape index (κ2) is 8.55. The summed E-state index contributed by atoms with van der Waals surface area (Å²) in [6, 6.07) is 11.2. The number of nitrogens with one attached hydrogen (secondary N) is 1. The van der Waals surface area contributed by atoms with Gasteiger partial charge in [-0.1, -0.05) is 23.9 Å². The lowest BCUT2D eigenvalue weighted by Gasteiger charge is -2.20. The van der Waals surface area contributed by atoms with Gasteiger partial charge in [-0.15, -0.1) is 11.3 Å². The maximum atomic E-state index is 12.6. The Morgan fingerprint density at radius 1 is 1.21 bits per heavy atom. The van der Waals surface area contributed by atoms with Crippen molar-refractivity contribution in [1.82, 2.24) is 4.98 Å². The molecule has 2 heterocycles. The molecule has 28 heavy (non-hydrogen) atoms. The van der Waals surface area contributed by atoms with Gasteiger partial charge in [-0.2, -0.15) is 0 Å². The molecule has 0 unspecified atom stereocenters. The quantitative estimate of drug-likeness (QED) is 0.490. The first-order valence-corrected chi connectivity index (χ1v) is 11.3. The van der Waals surface area contributed by atoms with Crippen molar-refractivity contribution in [1.29, 1.82) is 0 Å². The van der Waals surface area contributed by atoms with Gasteiger partial charge < -0.3 is 14.8 Å². The van der Waals surface area contributed by atoms with E-state index in [1.54, 1.807) is 29.2 Å². The second-order valence-corrected chi connectivity index (χ2v) is 9.11. The maximum Gasteiger partial charge on any atom is 0.255 e. The minimum atomic E-state index is -0.174. The van der Waals surface area contributed by atoms with E-state index in [2.05, 4.69) is 26.2 Å². The number of carbonyl (C=O) groups is 1. The number of aromatic nitrogens is 1. The molecule has 0 atom stereocenters. The fraction of sp³-hybridized carbons (Fsp3) is 0.200. The molecular formula is C20H17BrN2O3S2. The van der Waals surface area contributed by atoms with Crippen LogP contribution in [0.3, 0.4) is 0 Å². The topological polar surface area (TPSA) is 60.5 Å². The molecule has 1 aromatic heterocycles. The Labute approximate surface area is 179 Å². The highest BCUT2D eigenvalue weighted by Crippen LogP contribution is 2.38. The summed E-state index contributed by atoms with van der Waals surface area (Å²) in [5.41, 5.74) is 3.44. The Bertz CT molecular complexity index is 1010. The van der Waals surface area contributed by atoms with Gasteiger partial charge in [0.25, 0.3) is 5.91 Å². The molecule has 0 saturated carbocycles. The normalized spacial score (nSPS) is 12.6. The van der Waals surface area contributed by atoms with E-state index in [1.807, 2.05) is 42.6 Å². The van der Waals surface area contributed by atoms with Gasteiger partial charge in [0.15, 0.2) is 11.5 Å². The molecule has 1 aliphatic rings. The van der Waals surface area contributed by atoms with Gasteiger partial charge in [-0.3, -0.25) is 4.79 Å². The summed E-state index contributed by atoms with van der Waals surface area (Å²) in [6.07, 6.45) is 0. The molecule has 0 aliphatic carbocycles. The number of hydrogen-bond acceptors (Lipinski definition) is 6. The molecule has 3 aromatic rings. The molecule has 5 nitrogen and oxygen atoms in total. The van der Waals surface area contributed by atoms with Crippen LogP contribution in [0.15, 0.2) is 50.6 Å². The third kappa shape index (κ3) is 4.51. The van der Waals surface area contributed by atoms with E-state index in [1.165, 1.54) is 0 Å². The van der Waals surface area contributed by atoms with Crippen LogP contribution in [-0.4, -0.2) is 24.1 Å². The van der Waals surface area contributed by atoms with Crippen molar-refractivity contribution >= 4 is 50.6 Å². The Morgan fingerprint density at radius 2 is 1.93 bits per heavy atom. The van der Waals surface area contributed by atoms with Crippen LogP contribution in [0.25, 0.3) is 0 Å². The molecule has 8 heteroatoms. The molecule has 1 amide bonds. The van der Waals surface area contributed by atoms with Gasteiger partial charge in [-0.25, -0.2) is 4.98 Å². The van der Waals surface area contributed by atoms with E-state index < -0.39 is 0 Å². The number of ether oxygens (including phenoxy) is 2. The van der Waals surface area contributed by atoms with Crippen molar-refractivity contribution in [3.8, 4) is 11.5 Å². The highest BCUT2D eigenvalue weighted by Gasteiger charge is 2.16. The fourth-order valence-electron chi connectivity index (χ4n) is 2.65. The Morgan fingerprint density at radius 3 is 2.61 bits per heavy atom. The number of carbonyl (C=O) groups excluding carboxylic acids is 1.